The zero-order valence-corrected chi connectivity index (χ0v) is 14.0. The minimum absolute atomic E-state index is 0.00432. The summed E-state index contributed by atoms with van der Waals surface area (Å²) in [6.45, 7) is 2.73. The monoisotopic (exact) mass is 344 g/mol. The molecule has 0 unspecified atom stereocenters. The van der Waals surface area contributed by atoms with Crippen molar-refractivity contribution in [2.24, 2.45) is 5.92 Å². The first kappa shape index (κ1) is 14.6. The summed E-state index contributed by atoms with van der Waals surface area (Å²) in [5, 5.41) is 10.3. The summed E-state index contributed by atoms with van der Waals surface area (Å²) in [4.78, 5) is 18.4. The van der Waals surface area contributed by atoms with E-state index in [1.807, 2.05) is 36.4 Å². The maximum atomic E-state index is 12.2. The van der Waals surface area contributed by atoms with Gasteiger partial charge in [-0.2, -0.15) is 0 Å². The standard InChI is InChI=1S/C16H16N4OS2/c21-14(18-9-10-7-17-8-10)12-6-13-15(22-12)20-16(23-13)19-11-4-2-1-3-5-11/h1-6,10,17H,7-9H2,(H,18,21)(H,19,20). The molecular formula is C16H16N4OS2. The second-order valence-corrected chi connectivity index (χ2v) is 7.59. The lowest BCUT2D eigenvalue weighted by molar-refractivity contribution is 0.0946. The number of hydrogen-bond acceptors (Lipinski definition) is 6. The first-order valence-corrected chi connectivity index (χ1v) is 9.12. The molecule has 1 saturated heterocycles. The first-order valence-electron chi connectivity index (χ1n) is 7.49. The third kappa shape index (κ3) is 3.21. The number of para-hydroxylation sites is 1. The average molecular weight is 344 g/mol. The molecule has 0 spiro atoms. The number of hydrogen-bond donors (Lipinski definition) is 3. The third-order valence-corrected chi connectivity index (χ3v) is 5.83. The highest BCUT2D eigenvalue weighted by Crippen LogP contribution is 2.34. The number of carbonyl (C=O) groups excluding carboxylic acids is 1. The summed E-state index contributed by atoms with van der Waals surface area (Å²) < 4.78 is 1.05. The van der Waals surface area contributed by atoms with Crippen LogP contribution in [0.3, 0.4) is 0 Å². The average Bonchev–Trinajstić information content (AvgIpc) is 3.05. The van der Waals surface area contributed by atoms with Gasteiger partial charge in [0.15, 0.2) is 5.13 Å². The van der Waals surface area contributed by atoms with Crippen molar-refractivity contribution in [2.75, 3.05) is 25.0 Å². The number of nitrogens with zero attached hydrogens (tertiary/aromatic N) is 1. The van der Waals surface area contributed by atoms with Gasteiger partial charge in [-0.25, -0.2) is 4.98 Å². The van der Waals surface area contributed by atoms with Gasteiger partial charge in [-0.1, -0.05) is 29.5 Å². The summed E-state index contributed by atoms with van der Waals surface area (Å²) in [6.07, 6.45) is 0. The highest BCUT2D eigenvalue weighted by atomic mass is 32.1. The van der Waals surface area contributed by atoms with Gasteiger partial charge in [0, 0.05) is 31.2 Å². The molecule has 5 nitrogen and oxygen atoms in total. The van der Waals surface area contributed by atoms with E-state index in [-0.39, 0.29) is 5.91 Å². The predicted molar refractivity (Wildman–Crippen MR) is 95.9 cm³/mol. The molecule has 0 saturated carbocycles. The summed E-state index contributed by atoms with van der Waals surface area (Å²) in [6, 6.07) is 11.9. The Morgan fingerprint density at radius 2 is 2.09 bits per heavy atom. The Bertz CT molecular complexity index is 792. The van der Waals surface area contributed by atoms with Crippen LogP contribution < -0.4 is 16.0 Å². The number of nitrogens with one attached hydrogen (secondary N) is 3. The summed E-state index contributed by atoms with van der Waals surface area (Å²) >= 11 is 3.01. The number of benzene rings is 1. The molecule has 1 amide bonds. The van der Waals surface area contributed by atoms with Crippen LogP contribution in [0.2, 0.25) is 0 Å². The number of rotatable bonds is 5. The quantitative estimate of drug-likeness (QED) is 0.665. The third-order valence-electron chi connectivity index (χ3n) is 3.76. The van der Waals surface area contributed by atoms with E-state index in [0.29, 0.717) is 5.92 Å². The SMILES string of the molecule is O=C(NCC1CNC1)c1cc2sc(Nc3ccccc3)nc2s1. The van der Waals surface area contributed by atoms with Crippen LogP contribution in [0.25, 0.3) is 9.53 Å². The van der Waals surface area contributed by atoms with Gasteiger partial charge in [-0.15, -0.1) is 11.3 Å². The van der Waals surface area contributed by atoms with Crippen molar-refractivity contribution in [3.05, 3.63) is 41.3 Å². The summed E-state index contributed by atoms with van der Waals surface area (Å²) in [7, 11) is 0. The summed E-state index contributed by atoms with van der Waals surface area (Å²) in [5.74, 6) is 0.574. The molecule has 7 heteroatoms. The van der Waals surface area contributed by atoms with Crippen LogP contribution in [0.15, 0.2) is 36.4 Å². The zero-order valence-electron chi connectivity index (χ0n) is 12.3. The van der Waals surface area contributed by atoms with E-state index in [2.05, 4.69) is 20.9 Å². The van der Waals surface area contributed by atoms with Gasteiger partial charge in [0.1, 0.15) is 4.83 Å². The molecule has 2 aromatic heterocycles. The van der Waals surface area contributed by atoms with E-state index >= 15 is 0 Å². The molecule has 1 fully saturated rings. The molecule has 0 atom stereocenters. The molecule has 3 aromatic rings. The van der Waals surface area contributed by atoms with Crippen LogP contribution in [-0.2, 0) is 0 Å². The van der Waals surface area contributed by atoms with Gasteiger partial charge in [0.25, 0.3) is 5.91 Å². The van der Waals surface area contributed by atoms with E-state index in [1.165, 1.54) is 11.3 Å². The Kier molecular flexibility index (Phi) is 3.99. The van der Waals surface area contributed by atoms with Gasteiger partial charge in [-0.05, 0) is 18.2 Å². The molecular weight excluding hydrogens is 328 g/mol. The lowest BCUT2D eigenvalue weighted by Crippen LogP contribution is -2.48. The molecule has 0 aliphatic carbocycles. The highest BCUT2D eigenvalue weighted by Gasteiger charge is 2.19. The van der Waals surface area contributed by atoms with Crippen molar-refractivity contribution < 1.29 is 4.79 Å². The van der Waals surface area contributed by atoms with E-state index < -0.39 is 0 Å². The smallest absolute Gasteiger partial charge is 0.261 e. The van der Waals surface area contributed by atoms with Crippen LogP contribution in [-0.4, -0.2) is 30.5 Å². The van der Waals surface area contributed by atoms with Crippen LogP contribution in [0, 0.1) is 5.92 Å². The molecule has 118 valence electrons. The van der Waals surface area contributed by atoms with Crippen LogP contribution >= 0.6 is 22.7 Å². The fraction of sp³-hybridized carbons (Fsp3) is 0.250. The maximum absolute atomic E-state index is 12.2. The van der Waals surface area contributed by atoms with E-state index in [9.17, 15) is 4.79 Å². The molecule has 1 aliphatic rings. The van der Waals surface area contributed by atoms with Crippen molar-refractivity contribution in [1.29, 1.82) is 0 Å². The molecule has 23 heavy (non-hydrogen) atoms. The normalized spacial score (nSPS) is 14.6. The van der Waals surface area contributed by atoms with Gasteiger partial charge < -0.3 is 16.0 Å². The maximum Gasteiger partial charge on any atom is 0.261 e. The number of fused-ring (bicyclic) bond motifs is 1. The Morgan fingerprint density at radius 1 is 1.26 bits per heavy atom. The van der Waals surface area contributed by atoms with Gasteiger partial charge in [0.05, 0.1) is 9.58 Å². The fourth-order valence-corrected chi connectivity index (χ4v) is 4.41. The van der Waals surface area contributed by atoms with Gasteiger partial charge in [-0.3, -0.25) is 4.79 Å². The van der Waals surface area contributed by atoms with Crippen LogP contribution in [0.4, 0.5) is 10.8 Å². The Hall–Kier alpha value is -1.96. The summed E-state index contributed by atoms with van der Waals surface area (Å²) in [5.41, 5.74) is 1.01. The van der Waals surface area contributed by atoms with E-state index in [1.54, 1.807) is 11.3 Å². The minimum Gasteiger partial charge on any atom is -0.351 e. The van der Waals surface area contributed by atoms with Crippen molar-refractivity contribution in [2.45, 2.75) is 0 Å². The molecule has 4 rings (SSSR count). The first-order chi connectivity index (χ1) is 11.3. The largest absolute Gasteiger partial charge is 0.351 e. The zero-order chi connectivity index (χ0) is 15.6. The lowest BCUT2D eigenvalue weighted by atomic mass is 10.0. The van der Waals surface area contributed by atoms with Crippen LogP contribution in [0.1, 0.15) is 9.67 Å². The second kappa shape index (κ2) is 6.27. The Balaban J connectivity index is 1.44. The number of carbonyl (C=O) groups is 1. The molecule has 0 bridgehead atoms. The highest BCUT2D eigenvalue weighted by molar-refractivity contribution is 7.29. The minimum atomic E-state index is 0.00432. The number of thiazole rings is 1. The molecule has 1 aliphatic heterocycles. The number of aromatic nitrogens is 1. The number of anilines is 2. The second-order valence-electron chi connectivity index (χ2n) is 5.52. The Morgan fingerprint density at radius 3 is 2.78 bits per heavy atom. The molecule has 3 N–H and O–H groups in total. The van der Waals surface area contributed by atoms with Crippen molar-refractivity contribution in [1.82, 2.24) is 15.6 Å². The number of thiophene rings is 1. The van der Waals surface area contributed by atoms with Crippen molar-refractivity contribution in [3.63, 3.8) is 0 Å². The number of amides is 1. The van der Waals surface area contributed by atoms with E-state index in [0.717, 1.165) is 44.9 Å². The van der Waals surface area contributed by atoms with Crippen LogP contribution in [0.5, 0.6) is 0 Å². The van der Waals surface area contributed by atoms with Gasteiger partial charge in [0.2, 0.25) is 0 Å². The molecule has 0 radical (unpaired) electrons. The van der Waals surface area contributed by atoms with Crippen molar-refractivity contribution >= 4 is 48.9 Å². The Labute approximate surface area is 141 Å². The molecule has 3 heterocycles. The molecule has 1 aromatic carbocycles. The van der Waals surface area contributed by atoms with Crippen molar-refractivity contribution in [3.8, 4) is 0 Å². The van der Waals surface area contributed by atoms with Gasteiger partial charge >= 0.3 is 0 Å². The topological polar surface area (TPSA) is 66.1 Å². The van der Waals surface area contributed by atoms with E-state index in [4.69, 9.17) is 0 Å². The predicted octanol–water partition coefficient (Wildman–Crippen LogP) is 3.05. The lowest BCUT2D eigenvalue weighted by Gasteiger charge is -2.26. The fourth-order valence-electron chi connectivity index (χ4n) is 2.36.